The SMILES string of the molecule is COc1ccc(C2CN(C(=O)c3ccc(C)c(NCc4ccccn4)c3)CCN2C(C)=O)cc1. The Kier molecular flexibility index (Phi) is 7.11. The van der Waals surface area contributed by atoms with Crippen molar-refractivity contribution in [2.24, 2.45) is 0 Å². The van der Waals surface area contributed by atoms with Gasteiger partial charge in [-0.2, -0.15) is 0 Å². The Morgan fingerprint density at radius 3 is 2.56 bits per heavy atom. The summed E-state index contributed by atoms with van der Waals surface area (Å²) in [5, 5.41) is 3.40. The second-order valence-corrected chi connectivity index (χ2v) is 8.46. The molecule has 0 saturated carbocycles. The zero-order valence-corrected chi connectivity index (χ0v) is 19.8. The van der Waals surface area contributed by atoms with Gasteiger partial charge in [0.25, 0.3) is 5.91 Å². The summed E-state index contributed by atoms with van der Waals surface area (Å²) < 4.78 is 5.26. The third-order valence-electron chi connectivity index (χ3n) is 6.24. The van der Waals surface area contributed by atoms with Gasteiger partial charge in [-0.1, -0.05) is 24.3 Å². The molecule has 176 valence electrons. The number of piperazine rings is 1. The molecule has 3 aromatic rings. The van der Waals surface area contributed by atoms with Crippen LogP contribution in [-0.2, 0) is 11.3 Å². The van der Waals surface area contributed by atoms with E-state index in [0.29, 0.717) is 31.7 Å². The van der Waals surface area contributed by atoms with Crippen LogP contribution in [0.1, 0.15) is 40.1 Å². The summed E-state index contributed by atoms with van der Waals surface area (Å²) in [5.74, 6) is 0.721. The lowest BCUT2D eigenvalue weighted by atomic mass is 10.0. The van der Waals surface area contributed by atoms with E-state index in [0.717, 1.165) is 28.3 Å². The maximum Gasteiger partial charge on any atom is 0.254 e. The number of ether oxygens (including phenoxy) is 1. The van der Waals surface area contributed by atoms with Gasteiger partial charge in [0.1, 0.15) is 5.75 Å². The average Bonchev–Trinajstić information content (AvgIpc) is 2.88. The number of carbonyl (C=O) groups is 2. The standard InChI is InChI=1S/C27H30N4O3/c1-19-7-8-22(16-25(19)29-17-23-6-4-5-13-28-23)27(33)30-14-15-31(20(2)32)26(18-30)21-9-11-24(34-3)12-10-21/h4-13,16,26,29H,14-15,17-18H2,1-3H3. The van der Waals surface area contributed by atoms with Gasteiger partial charge in [0.15, 0.2) is 0 Å². The molecule has 1 saturated heterocycles. The first-order valence-electron chi connectivity index (χ1n) is 11.4. The van der Waals surface area contributed by atoms with E-state index in [4.69, 9.17) is 4.74 Å². The van der Waals surface area contributed by atoms with E-state index in [1.54, 1.807) is 20.2 Å². The molecule has 0 bridgehead atoms. The first-order chi connectivity index (χ1) is 16.5. The summed E-state index contributed by atoms with van der Waals surface area (Å²) in [6.07, 6.45) is 1.77. The lowest BCUT2D eigenvalue weighted by molar-refractivity contribution is -0.133. The number of amides is 2. The van der Waals surface area contributed by atoms with Crippen LogP contribution in [0.4, 0.5) is 5.69 Å². The number of pyridine rings is 1. The largest absolute Gasteiger partial charge is 0.497 e. The number of benzene rings is 2. The first kappa shape index (κ1) is 23.3. The Bertz CT molecular complexity index is 1150. The van der Waals surface area contributed by atoms with Crippen LogP contribution in [-0.4, -0.2) is 53.3 Å². The fourth-order valence-electron chi connectivity index (χ4n) is 4.27. The van der Waals surface area contributed by atoms with Gasteiger partial charge in [0, 0.05) is 44.0 Å². The number of nitrogens with zero attached hydrogens (tertiary/aromatic N) is 3. The fraction of sp³-hybridized carbons (Fsp3) is 0.296. The molecule has 2 heterocycles. The minimum Gasteiger partial charge on any atom is -0.497 e. The molecule has 1 atom stereocenters. The third kappa shape index (κ3) is 5.20. The lowest BCUT2D eigenvalue weighted by Crippen LogP contribution is -2.51. The highest BCUT2D eigenvalue weighted by atomic mass is 16.5. The highest BCUT2D eigenvalue weighted by Gasteiger charge is 2.32. The highest BCUT2D eigenvalue weighted by molar-refractivity contribution is 5.95. The smallest absolute Gasteiger partial charge is 0.254 e. The molecule has 34 heavy (non-hydrogen) atoms. The normalized spacial score (nSPS) is 15.7. The van der Waals surface area contributed by atoms with E-state index in [1.165, 1.54) is 0 Å². The minimum absolute atomic E-state index is 0.00395. The molecule has 4 rings (SSSR count). The van der Waals surface area contributed by atoms with Crippen molar-refractivity contribution in [2.75, 3.05) is 32.1 Å². The summed E-state index contributed by atoms with van der Waals surface area (Å²) in [6.45, 7) is 5.60. The summed E-state index contributed by atoms with van der Waals surface area (Å²) in [4.78, 5) is 33.8. The van der Waals surface area contributed by atoms with Gasteiger partial charge in [0.2, 0.25) is 5.91 Å². The molecule has 7 nitrogen and oxygen atoms in total. The zero-order chi connectivity index (χ0) is 24.1. The summed E-state index contributed by atoms with van der Waals surface area (Å²) in [7, 11) is 1.62. The van der Waals surface area contributed by atoms with Crippen molar-refractivity contribution in [1.29, 1.82) is 0 Å². The molecule has 0 spiro atoms. The number of hydrogen-bond acceptors (Lipinski definition) is 5. The Hall–Kier alpha value is -3.87. The van der Waals surface area contributed by atoms with E-state index in [-0.39, 0.29) is 17.9 Å². The Morgan fingerprint density at radius 2 is 1.88 bits per heavy atom. The predicted molar refractivity (Wildman–Crippen MR) is 132 cm³/mol. The first-order valence-corrected chi connectivity index (χ1v) is 11.4. The molecular weight excluding hydrogens is 428 g/mol. The quantitative estimate of drug-likeness (QED) is 0.603. The highest BCUT2D eigenvalue weighted by Crippen LogP contribution is 2.28. The second kappa shape index (κ2) is 10.4. The molecular formula is C27H30N4O3. The van der Waals surface area contributed by atoms with Crippen LogP contribution in [0.15, 0.2) is 66.9 Å². The summed E-state index contributed by atoms with van der Waals surface area (Å²) in [6, 6.07) is 19.0. The van der Waals surface area contributed by atoms with Gasteiger partial charge < -0.3 is 19.9 Å². The minimum atomic E-state index is -0.201. The molecule has 7 heteroatoms. The Labute approximate surface area is 200 Å². The van der Waals surface area contributed by atoms with Gasteiger partial charge in [-0.05, 0) is 54.4 Å². The molecule has 2 amide bonds. The molecule has 1 N–H and O–H groups in total. The molecule has 1 aliphatic rings. The van der Waals surface area contributed by atoms with E-state index in [1.807, 2.05) is 77.4 Å². The van der Waals surface area contributed by atoms with Gasteiger partial charge in [0.05, 0.1) is 25.4 Å². The number of methoxy groups -OCH3 is 1. The lowest BCUT2D eigenvalue weighted by Gasteiger charge is -2.41. The van der Waals surface area contributed by atoms with Crippen LogP contribution < -0.4 is 10.1 Å². The molecule has 1 unspecified atom stereocenters. The topological polar surface area (TPSA) is 74.8 Å². The average molecular weight is 459 g/mol. The van der Waals surface area contributed by atoms with Crippen molar-refractivity contribution in [3.05, 3.63) is 89.2 Å². The van der Waals surface area contributed by atoms with Gasteiger partial charge in [-0.3, -0.25) is 14.6 Å². The number of hydrogen-bond donors (Lipinski definition) is 1. The van der Waals surface area contributed by atoms with E-state index in [2.05, 4.69) is 10.3 Å². The van der Waals surface area contributed by atoms with Crippen molar-refractivity contribution in [3.8, 4) is 5.75 Å². The molecule has 1 aliphatic heterocycles. The van der Waals surface area contributed by atoms with Gasteiger partial charge >= 0.3 is 0 Å². The van der Waals surface area contributed by atoms with Crippen molar-refractivity contribution >= 4 is 17.5 Å². The maximum absolute atomic E-state index is 13.5. The van der Waals surface area contributed by atoms with E-state index >= 15 is 0 Å². The van der Waals surface area contributed by atoms with Crippen LogP contribution in [0.25, 0.3) is 0 Å². The van der Waals surface area contributed by atoms with Crippen LogP contribution in [0, 0.1) is 6.92 Å². The maximum atomic E-state index is 13.5. The Morgan fingerprint density at radius 1 is 1.09 bits per heavy atom. The fourth-order valence-corrected chi connectivity index (χ4v) is 4.27. The van der Waals surface area contributed by atoms with Crippen molar-refractivity contribution in [1.82, 2.24) is 14.8 Å². The molecule has 0 aliphatic carbocycles. The monoisotopic (exact) mass is 458 g/mol. The van der Waals surface area contributed by atoms with E-state index < -0.39 is 0 Å². The number of rotatable bonds is 6. The molecule has 0 radical (unpaired) electrons. The van der Waals surface area contributed by atoms with Crippen LogP contribution in [0.2, 0.25) is 0 Å². The number of carbonyl (C=O) groups excluding carboxylic acids is 2. The molecule has 2 aromatic carbocycles. The second-order valence-electron chi connectivity index (χ2n) is 8.46. The number of aryl methyl sites for hydroxylation is 1. The molecule has 1 aromatic heterocycles. The number of nitrogens with one attached hydrogen (secondary N) is 1. The van der Waals surface area contributed by atoms with Crippen molar-refractivity contribution in [3.63, 3.8) is 0 Å². The summed E-state index contributed by atoms with van der Waals surface area (Å²) >= 11 is 0. The van der Waals surface area contributed by atoms with Gasteiger partial charge in [-0.15, -0.1) is 0 Å². The van der Waals surface area contributed by atoms with Gasteiger partial charge in [-0.25, -0.2) is 0 Å². The van der Waals surface area contributed by atoms with Crippen LogP contribution >= 0.6 is 0 Å². The van der Waals surface area contributed by atoms with Crippen LogP contribution in [0.3, 0.4) is 0 Å². The van der Waals surface area contributed by atoms with E-state index in [9.17, 15) is 9.59 Å². The van der Waals surface area contributed by atoms with Crippen LogP contribution in [0.5, 0.6) is 5.75 Å². The predicted octanol–water partition coefficient (Wildman–Crippen LogP) is 4.06. The summed E-state index contributed by atoms with van der Waals surface area (Å²) in [5.41, 5.74) is 4.51. The molecule has 1 fully saturated rings. The number of anilines is 1. The van der Waals surface area contributed by atoms with Crippen molar-refractivity contribution in [2.45, 2.75) is 26.4 Å². The zero-order valence-electron chi connectivity index (χ0n) is 19.8. The third-order valence-corrected chi connectivity index (χ3v) is 6.24. The van der Waals surface area contributed by atoms with Crippen molar-refractivity contribution < 1.29 is 14.3 Å². The Balaban J connectivity index is 1.52. The number of aromatic nitrogens is 1.